The van der Waals surface area contributed by atoms with Crippen molar-refractivity contribution in [1.82, 2.24) is 0 Å². The van der Waals surface area contributed by atoms with Crippen LogP contribution in [0.3, 0.4) is 0 Å². The quantitative estimate of drug-likeness (QED) is 0.620. The first kappa shape index (κ1) is 13.3. The predicted octanol–water partition coefficient (Wildman–Crippen LogP) is 1.84. The standard InChI is InChI=1S/C8H18O3S2/c1-3-4-5-8(2)12-6-7-13(9,10)11/h8H,3-7H2,1-2H3,(H,9,10,11)/p-1. The number of unbranched alkanes of at least 4 members (excludes halogenated alkanes) is 1. The highest BCUT2D eigenvalue weighted by Gasteiger charge is 2.02. The van der Waals surface area contributed by atoms with Crippen molar-refractivity contribution in [2.24, 2.45) is 0 Å². The molecule has 0 bridgehead atoms. The maximum absolute atomic E-state index is 10.3. The van der Waals surface area contributed by atoms with Crippen LogP contribution in [0.15, 0.2) is 0 Å². The van der Waals surface area contributed by atoms with Crippen molar-refractivity contribution >= 4 is 21.9 Å². The summed E-state index contributed by atoms with van der Waals surface area (Å²) in [5.41, 5.74) is 0. The fourth-order valence-electron chi connectivity index (χ4n) is 0.926. The van der Waals surface area contributed by atoms with Gasteiger partial charge in [-0.1, -0.05) is 26.7 Å². The van der Waals surface area contributed by atoms with E-state index in [1.165, 1.54) is 0 Å². The third-order valence-corrected chi connectivity index (χ3v) is 3.91. The Labute approximate surface area is 85.0 Å². The number of hydrogen-bond donors (Lipinski definition) is 0. The number of rotatable bonds is 7. The van der Waals surface area contributed by atoms with Gasteiger partial charge in [0.05, 0.1) is 10.1 Å². The fourth-order valence-corrected chi connectivity index (χ4v) is 2.86. The Balaban J connectivity index is 3.42. The molecular weight excluding hydrogens is 208 g/mol. The van der Waals surface area contributed by atoms with Gasteiger partial charge >= 0.3 is 0 Å². The van der Waals surface area contributed by atoms with Gasteiger partial charge in [0.25, 0.3) is 0 Å². The number of hydrogen-bond acceptors (Lipinski definition) is 4. The summed E-state index contributed by atoms with van der Waals surface area (Å²) in [7, 11) is -4.01. The minimum atomic E-state index is -4.01. The van der Waals surface area contributed by atoms with Gasteiger partial charge in [0.1, 0.15) is 0 Å². The van der Waals surface area contributed by atoms with E-state index in [4.69, 9.17) is 0 Å². The Morgan fingerprint density at radius 3 is 2.54 bits per heavy atom. The Bertz CT molecular complexity index is 211. The summed E-state index contributed by atoms with van der Waals surface area (Å²) in [5.74, 6) is 0.185. The van der Waals surface area contributed by atoms with Crippen LogP contribution >= 0.6 is 11.8 Å². The molecule has 0 spiro atoms. The monoisotopic (exact) mass is 225 g/mol. The molecule has 3 nitrogen and oxygen atoms in total. The lowest BCUT2D eigenvalue weighted by molar-refractivity contribution is 0.465. The fraction of sp³-hybridized carbons (Fsp3) is 1.00. The van der Waals surface area contributed by atoms with Crippen molar-refractivity contribution in [2.75, 3.05) is 11.5 Å². The Hall–Kier alpha value is 0.260. The largest absolute Gasteiger partial charge is 0.748 e. The van der Waals surface area contributed by atoms with E-state index in [9.17, 15) is 13.0 Å². The molecule has 0 rings (SSSR count). The first-order valence-electron chi connectivity index (χ1n) is 4.51. The normalized spacial score (nSPS) is 14.4. The van der Waals surface area contributed by atoms with Gasteiger partial charge in [-0.3, -0.25) is 0 Å². The molecule has 0 aliphatic heterocycles. The lowest BCUT2D eigenvalue weighted by Crippen LogP contribution is -2.08. The second-order valence-electron chi connectivity index (χ2n) is 3.09. The third-order valence-electron chi connectivity index (χ3n) is 1.70. The van der Waals surface area contributed by atoms with Crippen LogP contribution in [0.5, 0.6) is 0 Å². The van der Waals surface area contributed by atoms with E-state index in [1.54, 1.807) is 11.8 Å². The average Bonchev–Trinajstić information content (AvgIpc) is 1.98. The summed E-state index contributed by atoms with van der Waals surface area (Å²) in [6.07, 6.45) is 3.42. The van der Waals surface area contributed by atoms with Crippen LogP contribution in [0.2, 0.25) is 0 Å². The summed E-state index contributed by atoms with van der Waals surface area (Å²) in [5, 5.41) is 0.460. The van der Waals surface area contributed by atoms with E-state index in [1.807, 2.05) is 0 Å². The zero-order valence-corrected chi connectivity index (χ0v) is 9.79. The first-order chi connectivity index (χ1) is 5.95. The van der Waals surface area contributed by atoms with Crippen LogP contribution in [0.1, 0.15) is 33.1 Å². The van der Waals surface area contributed by atoms with Crippen LogP contribution < -0.4 is 0 Å². The van der Waals surface area contributed by atoms with Crippen molar-refractivity contribution < 1.29 is 13.0 Å². The molecule has 13 heavy (non-hydrogen) atoms. The van der Waals surface area contributed by atoms with Gasteiger partial charge in [0.15, 0.2) is 0 Å². The van der Waals surface area contributed by atoms with Crippen molar-refractivity contribution in [1.29, 1.82) is 0 Å². The summed E-state index contributed by atoms with van der Waals surface area (Å²) >= 11 is 1.56. The lowest BCUT2D eigenvalue weighted by atomic mass is 10.2. The van der Waals surface area contributed by atoms with Gasteiger partial charge in [-0.05, 0) is 6.42 Å². The van der Waals surface area contributed by atoms with Crippen molar-refractivity contribution in [2.45, 2.75) is 38.4 Å². The van der Waals surface area contributed by atoms with Crippen molar-refractivity contribution in [3.05, 3.63) is 0 Å². The molecule has 0 fully saturated rings. The Kier molecular flexibility index (Phi) is 6.81. The predicted molar refractivity (Wildman–Crippen MR) is 56.0 cm³/mol. The highest BCUT2D eigenvalue weighted by Crippen LogP contribution is 2.16. The molecule has 0 aromatic heterocycles. The van der Waals surface area contributed by atoms with E-state index in [0.29, 0.717) is 11.0 Å². The minimum Gasteiger partial charge on any atom is -0.748 e. The molecule has 1 atom stereocenters. The SMILES string of the molecule is CCCCC(C)SCCS(=O)(=O)[O-]. The summed E-state index contributed by atoms with van der Waals surface area (Å²) < 4.78 is 30.8. The molecule has 5 heteroatoms. The highest BCUT2D eigenvalue weighted by molar-refractivity contribution is 8.00. The summed E-state index contributed by atoms with van der Waals surface area (Å²) in [6.45, 7) is 4.19. The van der Waals surface area contributed by atoms with E-state index >= 15 is 0 Å². The second-order valence-corrected chi connectivity index (χ2v) is 6.16. The van der Waals surface area contributed by atoms with Crippen molar-refractivity contribution in [3.63, 3.8) is 0 Å². The van der Waals surface area contributed by atoms with Gasteiger partial charge < -0.3 is 4.55 Å². The van der Waals surface area contributed by atoms with E-state index in [-0.39, 0.29) is 5.75 Å². The van der Waals surface area contributed by atoms with Crippen LogP contribution in [0, 0.1) is 0 Å². The molecule has 0 amide bonds. The summed E-state index contributed by atoms with van der Waals surface area (Å²) in [6, 6.07) is 0. The zero-order valence-electron chi connectivity index (χ0n) is 8.15. The highest BCUT2D eigenvalue weighted by atomic mass is 32.2. The topological polar surface area (TPSA) is 57.2 Å². The number of thioether (sulfide) groups is 1. The zero-order chi connectivity index (χ0) is 10.3. The van der Waals surface area contributed by atoms with E-state index < -0.39 is 10.1 Å². The molecule has 1 unspecified atom stereocenters. The molecule has 0 heterocycles. The molecule has 0 N–H and O–H groups in total. The van der Waals surface area contributed by atoms with Crippen molar-refractivity contribution in [3.8, 4) is 0 Å². The van der Waals surface area contributed by atoms with Gasteiger partial charge in [0.2, 0.25) is 0 Å². The van der Waals surface area contributed by atoms with Crippen LogP contribution in [0.4, 0.5) is 0 Å². The Morgan fingerprint density at radius 1 is 1.46 bits per heavy atom. The molecular formula is C8H17O3S2-. The molecule has 0 saturated heterocycles. The molecule has 80 valence electrons. The van der Waals surface area contributed by atoms with E-state index in [2.05, 4.69) is 13.8 Å². The third kappa shape index (κ3) is 10.2. The van der Waals surface area contributed by atoms with Gasteiger partial charge in [0, 0.05) is 16.8 Å². The summed E-state index contributed by atoms with van der Waals surface area (Å²) in [4.78, 5) is 0. The Morgan fingerprint density at radius 2 is 2.08 bits per heavy atom. The maximum Gasteiger partial charge on any atom is 0.0954 e. The van der Waals surface area contributed by atoms with E-state index in [0.717, 1.165) is 19.3 Å². The first-order valence-corrected chi connectivity index (χ1v) is 7.13. The van der Waals surface area contributed by atoms with Crippen LogP contribution in [0.25, 0.3) is 0 Å². The van der Waals surface area contributed by atoms with Gasteiger partial charge in [-0.25, -0.2) is 8.42 Å². The van der Waals surface area contributed by atoms with Gasteiger partial charge in [-0.15, -0.1) is 0 Å². The average molecular weight is 225 g/mol. The maximum atomic E-state index is 10.3. The molecule has 0 saturated carbocycles. The molecule has 0 radical (unpaired) electrons. The molecule has 0 aliphatic carbocycles. The second kappa shape index (κ2) is 6.68. The van der Waals surface area contributed by atoms with Crippen LogP contribution in [-0.4, -0.2) is 29.7 Å². The minimum absolute atomic E-state index is 0.242. The smallest absolute Gasteiger partial charge is 0.0954 e. The lowest BCUT2D eigenvalue weighted by Gasteiger charge is -2.11. The van der Waals surface area contributed by atoms with Gasteiger partial charge in [-0.2, -0.15) is 11.8 Å². The molecule has 0 aliphatic rings. The molecule has 0 aromatic rings. The van der Waals surface area contributed by atoms with Crippen LogP contribution in [-0.2, 0) is 10.1 Å². The molecule has 0 aromatic carbocycles.